The zero-order valence-electron chi connectivity index (χ0n) is 9.31. The van der Waals surface area contributed by atoms with E-state index in [9.17, 15) is 0 Å². The van der Waals surface area contributed by atoms with E-state index in [0.29, 0.717) is 5.82 Å². The standard InChI is InChI=1S/C12H10N4S2/c13-12(17)14-11-9-5-7(8-3-4-18-6-8)1-2-10(9)15-16-11/h1-6H,(H4,13,14,15,16,17). The maximum absolute atomic E-state index is 5.48. The minimum absolute atomic E-state index is 0.212. The first-order chi connectivity index (χ1) is 8.74. The van der Waals surface area contributed by atoms with Gasteiger partial charge in [0.1, 0.15) is 0 Å². The summed E-state index contributed by atoms with van der Waals surface area (Å²) in [7, 11) is 0. The second-order valence-electron chi connectivity index (χ2n) is 3.83. The number of nitrogens with one attached hydrogen (secondary N) is 2. The summed E-state index contributed by atoms with van der Waals surface area (Å²) in [5.41, 5.74) is 8.77. The molecule has 4 nitrogen and oxygen atoms in total. The number of fused-ring (bicyclic) bond motifs is 1. The van der Waals surface area contributed by atoms with Crippen molar-refractivity contribution in [2.45, 2.75) is 0 Å². The van der Waals surface area contributed by atoms with Gasteiger partial charge in [-0.1, -0.05) is 6.07 Å². The summed E-state index contributed by atoms with van der Waals surface area (Å²) in [6.45, 7) is 0. The molecule has 0 radical (unpaired) electrons. The van der Waals surface area contributed by atoms with Crippen LogP contribution < -0.4 is 11.1 Å². The smallest absolute Gasteiger partial charge is 0.169 e. The maximum Gasteiger partial charge on any atom is 0.169 e. The van der Waals surface area contributed by atoms with Crippen molar-refractivity contribution in [3.05, 3.63) is 35.0 Å². The van der Waals surface area contributed by atoms with Crippen LogP contribution in [0.3, 0.4) is 0 Å². The van der Waals surface area contributed by atoms with Crippen molar-refractivity contribution in [3.8, 4) is 11.1 Å². The monoisotopic (exact) mass is 274 g/mol. The largest absolute Gasteiger partial charge is 0.376 e. The fraction of sp³-hybridized carbons (Fsp3) is 0. The van der Waals surface area contributed by atoms with E-state index in [0.717, 1.165) is 16.5 Å². The second kappa shape index (κ2) is 4.40. The molecule has 0 spiro atoms. The molecule has 0 aliphatic carbocycles. The van der Waals surface area contributed by atoms with Gasteiger partial charge in [0.2, 0.25) is 0 Å². The molecule has 0 aliphatic heterocycles. The number of rotatable bonds is 2. The molecule has 90 valence electrons. The highest BCUT2D eigenvalue weighted by atomic mass is 32.1. The molecule has 0 amide bonds. The number of aromatic nitrogens is 2. The number of nitrogens with zero attached hydrogens (tertiary/aromatic N) is 1. The lowest BCUT2D eigenvalue weighted by atomic mass is 10.1. The van der Waals surface area contributed by atoms with E-state index in [-0.39, 0.29) is 5.11 Å². The van der Waals surface area contributed by atoms with E-state index >= 15 is 0 Å². The fourth-order valence-corrected chi connectivity index (χ4v) is 2.60. The molecule has 3 rings (SSSR count). The molecule has 2 aromatic heterocycles. The Morgan fingerprint density at radius 3 is 2.94 bits per heavy atom. The van der Waals surface area contributed by atoms with E-state index in [1.54, 1.807) is 11.3 Å². The van der Waals surface area contributed by atoms with Crippen LogP contribution in [0.15, 0.2) is 35.0 Å². The highest BCUT2D eigenvalue weighted by Gasteiger charge is 2.07. The van der Waals surface area contributed by atoms with E-state index in [1.807, 2.05) is 6.07 Å². The molecule has 0 unspecified atom stereocenters. The first-order valence-electron chi connectivity index (χ1n) is 5.31. The van der Waals surface area contributed by atoms with E-state index in [2.05, 4.69) is 44.5 Å². The van der Waals surface area contributed by atoms with E-state index in [4.69, 9.17) is 18.0 Å². The van der Waals surface area contributed by atoms with Crippen molar-refractivity contribution in [2.24, 2.45) is 5.73 Å². The topological polar surface area (TPSA) is 66.7 Å². The van der Waals surface area contributed by atoms with Gasteiger partial charge < -0.3 is 11.1 Å². The third kappa shape index (κ3) is 1.96. The zero-order chi connectivity index (χ0) is 12.5. The summed E-state index contributed by atoms with van der Waals surface area (Å²) in [5, 5.41) is 15.3. The molecule has 0 saturated carbocycles. The molecule has 4 N–H and O–H groups in total. The fourth-order valence-electron chi connectivity index (χ4n) is 1.83. The van der Waals surface area contributed by atoms with E-state index < -0.39 is 0 Å². The summed E-state index contributed by atoms with van der Waals surface area (Å²) >= 11 is 6.51. The van der Waals surface area contributed by atoms with Crippen LogP contribution >= 0.6 is 23.6 Å². The number of aromatic amines is 1. The van der Waals surface area contributed by atoms with Gasteiger partial charge >= 0.3 is 0 Å². The predicted octanol–water partition coefficient (Wildman–Crippen LogP) is 2.95. The summed E-state index contributed by atoms with van der Waals surface area (Å²) in [6, 6.07) is 8.22. The van der Waals surface area contributed by atoms with Gasteiger partial charge in [0.15, 0.2) is 10.9 Å². The molecule has 2 heterocycles. The first kappa shape index (κ1) is 11.2. The Morgan fingerprint density at radius 2 is 2.22 bits per heavy atom. The van der Waals surface area contributed by atoms with Crippen molar-refractivity contribution < 1.29 is 0 Å². The number of hydrogen-bond donors (Lipinski definition) is 3. The zero-order valence-corrected chi connectivity index (χ0v) is 10.9. The lowest BCUT2D eigenvalue weighted by molar-refractivity contribution is 1.12. The van der Waals surface area contributed by atoms with Gasteiger partial charge in [-0.05, 0) is 52.3 Å². The van der Waals surface area contributed by atoms with Gasteiger partial charge in [-0.2, -0.15) is 16.4 Å². The van der Waals surface area contributed by atoms with Crippen LogP contribution in [0.2, 0.25) is 0 Å². The minimum Gasteiger partial charge on any atom is -0.376 e. The van der Waals surface area contributed by atoms with Crippen LogP contribution in [0.4, 0.5) is 5.82 Å². The Balaban J connectivity index is 2.12. The number of H-pyrrole nitrogens is 1. The Morgan fingerprint density at radius 1 is 1.33 bits per heavy atom. The third-order valence-corrected chi connectivity index (χ3v) is 3.44. The van der Waals surface area contributed by atoms with Crippen LogP contribution in [0.25, 0.3) is 22.0 Å². The first-order valence-corrected chi connectivity index (χ1v) is 6.66. The van der Waals surface area contributed by atoms with Gasteiger partial charge in [0.25, 0.3) is 0 Å². The summed E-state index contributed by atoms with van der Waals surface area (Å²) in [6.07, 6.45) is 0. The average molecular weight is 274 g/mol. The molecule has 0 fully saturated rings. The predicted molar refractivity (Wildman–Crippen MR) is 79.8 cm³/mol. The molecule has 0 aliphatic rings. The quantitative estimate of drug-likeness (QED) is 0.629. The molecular formula is C12H10N4S2. The highest BCUT2D eigenvalue weighted by molar-refractivity contribution is 7.80. The van der Waals surface area contributed by atoms with Crippen molar-refractivity contribution in [1.82, 2.24) is 10.2 Å². The molecule has 3 aromatic rings. The molecule has 0 bridgehead atoms. The molecule has 18 heavy (non-hydrogen) atoms. The number of thiocarbonyl (C=S) groups is 1. The van der Waals surface area contributed by atoms with Crippen LogP contribution in [-0.4, -0.2) is 15.3 Å². The molecule has 0 atom stereocenters. The van der Waals surface area contributed by atoms with Gasteiger partial charge in [-0.25, -0.2) is 0 Å². The maximum atomic E-state index is 5.48. The SMILES string of the molecule is NC(=S)Nc1n[nH]c2ccc(-c3ccsc3)cc12. The molecule has 0 saturated heterocycles. The van der Waals surface area contributed by atoms with Crippen molar-refractivity contribution in [3.63, 3.8) is 0 Å². The number of thiophene rings is 1. The van der Waals surface area contributed by atoms with Crippen molar-refractivity contribution in [1.29, 1.82) is 0 Å². The highest BCUT2D eigenvalue weighted by Crippen LogP contribution is 2.28. The number of hydrogen-bond acceptors (Lipinski definition) is 3. The summed E-state index contributed by atoms with van der Waals surface area (Å²) < 4.78 is 0. The third-order valence-electron chi connectivity index (χ3n) is 2.66. The lowest BCUT2D eigenvalue weighted by Gasteiger charge is -2.01. The number of nitrogens with two attached hydrogens (primary N) is 1. The second-order valence-corrected chi connectivity index (χ2v) is 5.05. The van der Waals surface area contributed by atoms with Gasteiger partial charge in [0.05, 0.1) is 5.52 Å². The number of benzene rings is 1. The Kier molecular flexibility index (Phi) is 2.73. The molecule has 1 aromatic carbocycles. The minimum atomic E-state index is 0.212. The average Bonchev–Trinajstić information content (AvgIpc) is 2.98. The summed E-state index contributed by atoms with van der Waals surface area (Å²) in [5.74, 6) is 0.662. The van der Waals surface area contributed by atoms with Crippen LogP contribution in [-0.2, 0) is 0 Å². The van der Waals surface area contributed by atoms with Gasteiger partial charge in [-0.15, -0.1) is 0 Å². The van der Waals surface area contributed by atoms with Crippen molar-refractivity contribution >= 4 is 45.4 Å². The molecular weight excluding hydrogens is 264 g/mol. The van der Waals surface area contributed by atoms with Crippen molar-refractivity contribution in [2.75, 3.05) is 5.32 Å². The van der Waals surface area contributed by atoms with E-state index in [1.165, 1.54) is 5.56 Å². The Labute approximate surface area is 113 Å². The van der Waals surface area contributed by atoms with Crippen LogP contribution in [0.1, 0.15) is 0 Å². The Hall–Kier alpha value is -1.92. The molecule has 6 heteroatoms. The number of anilines is 1. The van der Waals surface area contributed by atoms with Gasteiger partial charge in [-0.3, -0.25) is 5.10 Å². The van der Waals surface area contributed by atoms with Crippen LogP contribution in [0.5, 0.6) is 0 Å². The normalized spacial score (nSPS) is 10.7. The summed E-state index contributed by atoms with van der Waals surface area (Å²) in [4.78, 5) is 0. The lowest BCUT2D eigenvalue weighted by Crippen LogP contribution is -2.19. The van der Waals surface area contributed by atoms with Crippen LogP contribution in [0, 0.1) is 0 Å². The van der Waals surface area contributed by atoms with Gasteiger partial charge in [0, 0.05) is 5.39 Å². The Bertz CT molecular complexity index is 700.